The van der Waals surface area contributed by atoms with E-state index < -0.39 is 0 Å². The molecule has 2 heterocycles. The van der Waals surface area contributed by atoms with Crippen molar-refractivity contribution in [3.05, 3.63) is 0 Å². The summed E-state index contributed by atoms with van der Waals surface area (Å²) in [6, 6.07) is 0. The Morgan fingerprint density at radius 1 is 1.33 bits per heavy atom. The number of carbonyl (C=O) groups excluding carboxylic acids is 1. The van der Waals surface area contributed by atoms with Crippen LogP contribution in [0.5, 0.6) is 0 Å². The molecular formula is C14H27ClN2O. The van der Waals surface area contributed by atoms with Gasteiger partial charge in [-0.2, -0.15) is 0 Å². The fourth-order valence-corrected chi connectivity index (χ4v) is 3.28. The SMILES string of the molecule is CC(C)CC(=O)N1CCCC2(CCCNC2)C1.Cl. The van der Waals surface area contributed by atoms with Crippen LogP contribution in [-0.2, 0) is 4.79 Å². The van der Waals surface area contributed by atoms with Crippen LogP contribution in [0.15, 0.2) is 0 Å². The molecule has 0 aromatic heterocycles. The first-order valence-electron chi connectivity index (χ1n) is 7.10. The Morgan fingerprint density at radius 3 is 2.67 bits per heavy atom. The third-order valence-corrected chi connectivity index (χ3v) is 4.16. The predicted octanol–water partition coefficient (Wildman–Crippen LogP) is 2.45. The number of amides is 1. The van der Waals surface area contributed by atoms with E-state index >= 15 is 0 Å². The molecule has 2 aliphatic heterocycles. The van der Waals surface area contributed by atoms with E-state index in [0.29, 0.717) is 23.7 Å². The zero-order valence-electron chi connectivity index (χ0n) is 11.7. The van der Waals surface area contributed by atoms with Crippen molar-refractivity contribution < 1.29 is 4.79 Å². The van der Waals surface area contributed by atoms with E-state index in [1.165, 1.54) is 25.7 Å². The zero-order chi connectivity index (χ0) is 12.3. The molecule has 0 bridgehead atoms. The van der Waals surface area contributed by atoms with Crippen molar-refractivity contribution in [3.63, 3.8) is 0 Å². The van der Waals surface area contributed by atoms with Crippen molar-refractivity contribution in [3.8, 4) is 0 Å². The summed E-state index contributed by atoms with van der Waals surface area (Å²) in [5.41, 5.74) is 0.392. The first kappa shape index (κ1) is 15.8. The van der Waals surface area contributed by atoms with E-state index in [4.69, 9.17) is 0 Å². The highest BCUT2D eigenvalue weighted by atomic mass is 35.5. The van der Waals surface area contributed by atoms with Gasteiger partial charge in [0.2, 0.25) is 5.91 Å². The topological polar surface area (TPSA) is 32.3 Å². The van der Waals surface area contributed by atoms with Gasteiger partial charge in [-0.05, 0) is 38.1 Å². The Labute approximate surface area is 117 Å². The molecule has 0 radical (unpaired) electrons. The van der Waals surface area contributed by atoms with Crippen LogP contribution < -0.4 is 5.32 Å². The highest BCUT2D eigenvalue weighted by Gasteiger charge is 2.37. The minimum Gasteiger partial charge on any atom is -0.342 e. The monoisotopic (exact) mass is 274 g/mol. The van der Waals surface area contributed by atoms with E-state index in [2.05, 4.69) is 24.1 Å². The molecule has 1 amide bonds. The molecule has 106 valence electrons. The molecule has 2 fully saturated rings. The van der Waals surface area contributed by atoms with Crippen LogP contribution in [0.25, 0.3) is 0 Å². The number of carbonyl (C=O) groups is 1. The number of hydrogen-bond donors (Lipinski definition) is 1. The standard InChI is InChI=1S/C14H26N2O.ClH/c1-12(2)9-13(17)16-8-4-6-14(11-16)5-3-7-15-10-14;/h12,15H,3-11H2,1-2H3;1H. The molecule has 0 aliphatic carbocycles. The van der Waals surface area contributed by atoms with Gasteiger partial charge in [0.1, 0.15) is 0 Å². The Kier molecular flexibility index (Phi) is 5.93. The van der Waals surface area contributed by atoms with E-state index in [-0.39, 0.29) is 12.4 Å². The lowest BCUT2D eigenvalue weighted by Crippen LogP contribution is -2.52. The van der Waals surface area contributed by atoms with Crippen LogP contribution in [0, 0.1) is 11.3 Å². The van der Waals surface area contributed by atoms with Crippen LogP contribution >= 0.6 is 12.4 Å². The summed E-state index contributed by atoms with van der Waals surface area (Å²) in [5.74, 6) is 0.842. The average Bonchev–Trinajstić information content (AvgIpc) is 2.29. The second-order valence-electron chi connectivity index (χ2n) is 6.30. The molecule has 0 saturated carbocycles. The van der Waals surface area contributed by atoms with Gasteiger partial charge in [0.05, 0.1) is 0 Å². The van der Waals surface area contributed by atoms with Crippen molar-refractivity contribution in [1.82, 2.24) is 10.2 Å². The molecule has 1 N–H and O–H groups in total. The maximum Gasteiger partial charge on any atom is 0.222 e. The summed E-state index contributed by atoms with van der Waals surface area (Å²) >= 11 is 0. The zero-order valence-corrected chi connectivity index (χ0v) is 12.5. The van der Waals surface area contributed by atoms with Crippen LogP contribution in [0.3, 0.4) is 0 Å². The van der Waals surface area contributed by atoms with Crippen molar-refractivity contribution in [2.75, 3.05) is 26.2 Å². The van der Waals surface area contributed by atoms with Crippen LogP contribution in [0.4, 0.5) is 0 Å². The van der Waals surface area contributed by atoms with Gasteiger partial charge < -0.3 is 10.2 Å². The number of nitrogens with zero attached hydrogens (tertiary/aromatic N) is 1. The van der Waals surface area contributed by atoms with Gasteiger partial charge in [-0.3, -0.25) is 4.79 Å². The molecule has 2 saturated heterocycles. The molecule has 1 spiro atoms. The molecule has 18 heavy (non-hydrogen) atoms. The number of nitrogens with one attached hydrogen (secondary N) is 1. The molecule has 1 atom stereocenters. The van der Waals surface area contributed by atoms with Gasteiger partial charge >= 0.3 is 0 Å². The first-order valence-corrected chi connectivity index (χ1v) is 7.10. The van der Waals surface area contributed by atoms with Gasteiger partial charge in [0, 0.05) is 31.5 Å². The molecule has 2 rings (SSSR count). The van der Waals surface area contributed by atoms with Crippen LogP contribution in [0.1, 0.15) is 46.0 Å². The Bertz CT molecular complexity index is 269. The number of hydrogen-bond acceptors (Lipinski definition) is 2. The minimum absolute atomic E-state index is 0. The number of halogens is 1. The normalized spacial score (nSPS) is 28.3. The lowest BCUT2D eigenvalue weighted by molar-refractivity contribution is -0.135. The maximum atomic E-state index is 12.1. The summed E-state index contributed by atoms with van der Waals surface area (Å²) in [4.78, 5) is 14.3. The lowest BCUT2D eigenvalue weighted by Gasteiger charge is -2.45. The summed E-state index contributed by atoms with van der Waals surface area (Å²) in [5, 5.41) is 3.51. The first-order chi connectivity index (χ1) is 8.11. The van der Waals surface area contributed by atoms with Gasteiger partial charge in [-0.15, -0.1) is 12.4 Å². The quantitative estimate of drug-likeness (QED) is 0.839. The van der Waals surface area contributed by atoms with Crippen molar-refractivity contribution in [2.24, 2.45) is 11.3 Å². The van der Waals surface area contributed by atoms with E-state index in [0.717, 1.165) is 26.2 Å². The Balaban J connectivity index is 0.00000162. The third-order valence-electron chi connectivity index (χ3n) is 4.16. The summed E-state index contributed by atoms with van der Waals surface area (Å²) < 4.78 is 0. The fraction of sp³-hybridized carbons (Fsp3) is 0.929. The second kappa shape index (κ2) is 6.76. The van der Waals surface area contributed by atoms with E-state index in [1.807, 2.05) is 0 Å². The number of piperidine rings is 2. The fourth-order valence-electron chi connectivity index (χ4n) is 3.28. The summed E-state index contributed by atoms with van der Waals surface area (Å²) in [6.07, 6.45) is 5.76. The van der Waals surface area contributed by atoms with Gasteiger partial charge in [0.15, 0.2) is 0 Å². The molecular weight excluding hydrogens is 248 g/mol. The Hall–Kier alpha value is -0.280. The Morgan fingerprint density at radius 2 is 2.06 bits per heavy atom. The van der Waals surface area contributed by atoms with Crippen LogP contribution in [0.2, 0.25) is 0 Å². The third kappa shape index (κ3) is 3.86. The van der Waals surface area contributed by atoms with Gasteiger partial charge in [0.25, 0.3) is 0 Å². The molecule has 0 aromatic rings. The highest BCUT2D eigenvalue weighted by Crippen LogP contribution is 2.36. The summed E-state index contributed by atoms with van der Waals surface area (Å²) in [6.45, 7) is 8.48. The smallest absolute Gasteiger partial charge is 0.222 e. The summed E-state index contributed by atoms with van der Waals surface area (Å²) in [7, 11) is 0. The van der Waals surface area contributed by atoms with E-state index in [1.54, 1.807) is 0 Å². The average molecular weight is 275 g/mol. The molecule has 1 unspecified atom stereocenters. The van der Waals surface area contributed by atoms with E-state index in [9.17, 15) is 4.79 Å². The lowest BCUT2D eigenvalue weighted by atomic mass is 9.74. The largest absolute Gasteiger partial charge is 0.342 e. The van der Waals surface area contributed by atoms with Crippen LogP contribution in [-0.4, -0.2) is 37.0 Å². The number of rotatable bonds is 2. The van der Waals surface area contributed by atoms with Gasteiger partial charge in [-0.25, -0.2) is 0 Å². The number of likely N-dealkylation sites (tertiary alicyclic amines) is 1. The van der Waals surface area contributed by atoms with Gasteiger partial charge in [-0.1, -0.05) is 13.8 Å². The van der Waals surface area contributed by atoms with Crippen molar-refractivity contribution in [1.29, 1.82) is 0 Å². The second-order valence-corrected chi connectivity index (χ2v) is 6.30. The molecule has 2 aliphatic rings. The highest BCUT2D eigenvalue weighted by molar-refractivity contribution is 5.85. The predicted molar refractivity (Wildman–Crippen MR) is 77.1 cm³/mol. The van der Waals surface area contributed by atoms with Crippen molar-refractivity contribution in [2.45, 2.75) is 46.0 Å². The maximum absolute atomic E-state index is 12.1. The van der Waals surface area contributed by atoms with Crippen molar-refractivity contribution >= 4 is 18.3 Å². The molecule has 3 nitrogen and oxygen atoms in total. The minimum atomic E-state index is 0. The molecule has 4 heteroatoms. The molecule has 0 aromatic carbocycles.